The van der Waals surface area contributed by atoms with E-state index in [-0.39, 0.29) is 18.7 Å². The number of alkyl carbamates (subject to hydrolysis) is 1. The minimum atomic E-state index is -0.459. The molecule has 2 unspecified atom stereocenters. The van der Waals surface area contributed by atoms with Gasteiger partial charge in [-0.25, -0.2) is 4.79 Å². The molecular formula is C15H30N2O3. The van der Waals surface area contributed by atoms with Gasteiger partial charge in [0.05, 0.1) is 6.61 Å². The van der Waals surface area contributed by atoms with E-state index in [1.54, 1.807) is 0 Å². The first-order chi connectivity index (χ1) is 9.31. The van der Waals surface area contributed by atoms with Crippen LogP contribution in [0.2, 0.25) is 0 Å². The van der Waals surface area contributed by atoms with Gasteiger partial charge in [-0.1, -0.05) is 12.8 Å². The lowest BCUT2D eigenvalue weighted by atomic mass is 9.84. The zero-order valence-corrected chi connectivity index (χ0v) is 13.2. The summed E-state index contributed by atoms with van der Waals surface area (Å²) in [4.78, 5) is 11.7. The molecule has 0 aromatic carbocycles. The Labute approximate surface area is 122 Å². The number of carbonyl (C=O) groups is 1. The lowest BCUT2D eigenvalue weighted by Crippen LogP contribution is -2.48. The zero-order chi connectivity index (χ0) is 15.2. The Kier molecular flexibility index (Phi) is 6.76. The van der Waals surface area contributed by atoms with Crippen LogP contribution in [0.1, 0.15) is 53.4 Å². The molecule has 0 spiro atoms. The summed E-state index contributed by atoms with van der Waals surface area (Å²) in [5.74, 6) is 0.408. The molecule has 0 heterocycles. The van der Waals surface area contributed by atoms with Crippen LogP contribution in [0, 0.1) is 5.92 Å². The van der Waals surface area contributed by atoms with Gasteiger partial charge in [0.2, 0.25) is 0 Å². The second kappa shape index (κ2) is 7.84. The third kappa shape index (κ3) is 6.57. The SMILES string of the molecule is C[C@H](CO)NC1CCCCC1CNC(=O)OC(C)(C)C. The molecule has 20 heavy (non-hydrogen) atoms. The van der Waals surface area contributed by atoms with Crippen molar-refractivity contribution in [3.63, 3.8) is 0 Å². The fourth-order valence-electron chi connectivity index (χ4n) is 2.62. The topological polar surface area (TPSA) is 70.6 Å². The molecule has 3 N–H and O–H groups in total. The summed E-state index contributed by atoms with van der Waals surface area (Å²) in [6.07, 6.45) is 4.26. The number of hydrogen-bond acceptors (Lipinski definition) is 4. The van der Waals surface area contributed by atoms with Crippen LogP contribution in [0.3, 0.4) is 0 Å². The molecule has 0 aliphatic heterocycles. The van der Waals surface area contributed by atoms with E-state index in [4.69, 9.17) is 9.84 Å². The van der Waals surface area contributed by atoms with E-state index in [2.05, 4.69) is 10.6 Å². The summed E-state index contributed by atoms with van der Waals surface area (Å²) in [6, 6.07) is 0.461. The third-order valence-corrected chi connectivity index (χ3v) is 3.59. The first-order valence-corrected chi connectivity index (χ1v) is 7.65. The number of ether oxygens (including phenoxy) is 1. The van der Waals surface area contributed by atoms with E-state index in [0.717, 1.165) is 12.8 Å². The van der Waals surface area contributed by atoms with Gasteiger partial charge >= 0.3 is 6.09 Å². The summed E-state index contributed by atoms with van der Waals surface area (Å²) in [5, 5.41) is 15.5. The Morgan fingerprint density at radius 1 is 1.35 bits per heavy atom. The predicted molar refractivity (Wildman–Crippen MR) is 79.7 cm³/mol. The molecule has 3 atom stereocenters. The second-order valence-electron chi connectivity index (χ2n) is 6.78. The van der Waals surface area contributed by atoms with Gasteiger partial charge in [-0.05, 0) is 46.5 Å². The average Bonchev–Trinajstić information content (AvgIpc) is 2.35. The maximum absolute atomic E-state index is 11.7. The Morgan fingerprint density at radius 3 is 2.60 bits per heavy atom. The largest absolute Gasteiger partial charge is 0.444 e. The van der Waals surface area contributed by atoms with Crippen LogP contribution in [0.5, 0.6) is 0 Å². The van der Waals surface area contributed by atoms with Gasteiger partial charge in [-0.2, -0.15) is 0 Å². The third-order valence-electron chi connectivity index (χ3n) is 3.59. The van der Waals surface area contributed by atoms with Crippen molar-refractivity contribution >= 4 is 6.09 Å². The highest BCUT2D eigenvalue weighted by Crippen LogP contribution is 2.24. The number of aliphatic hydroxyl groups excluding tert-OH is 1. The van der Waals surface area contributed by atoms with E-state index in [0.29, 0.717) is 18.5 Å². The Morgan fingerprint density at radius 2 is 2.00 bits per heavy atom. The van der Waals surface area contributed by atoms with Crippen molar-refractivity contribution in [1.82, 2.24) is 10.6 Å². The number of rotatable bonds is 5. The summed E-state index contributed by atoms with van der Waals surface area (Å²) in [7, 11) is 0. The molecule has 1 aliphatic rings. The van der Waals surface area contributed by atoms with Crippen LogP contribution < -0.4 is 10.6 Å². The molecule has 0 aromatic rings. The fourth-order valence-corrected chi connectivity index (χ4v) is 2.62. The molecule has 1 fully saturated rings. The molecule has 1 rings (SSSR count). The Bertz CT molecular complexity index is 302. The molecule has 1 aliphatic carbocycles. The smallest absolute Gasteiger partial charge is 0.407 e. The van der Waals surface area contributed by atoms with E-state index < -0.39 is 5.60 Å². The Balaban J connectivity index is 2.40. The maximum atomic E-state index is 11.7. The van der Waals surface area contributed by atoms with Gasteiger partial charge in [0.25, 0.3) is 0 Å². The average molecular weight is 286 g/mol. The number of amides is 1. The van der Waals surface area contributed by atoms with Gasteiger partial charge in [0, 0.05) is 18.6 Å². The summed E-state index contributed by atoms with van der Waals surface area (Å²) < 4.78 is 5.26. The monoisotopic (exact) mass is 286 g/mol. The highest BCUT2D eigenvalue weighted by Gasteiger charge is 2.27. The van der Waals surface area contributed by atoms with E-state index in [1.165, 1.54) is 12.8 Å². The fraction of sp³-hybridized carbons (Fsp3) is 0.933. The van der Waals surface area contributed by atoms with Gasteiger partial charge in [-0.15, -0.1) is 0 Å². The quantitative estimate of drug-likeness (QED) is 0.723. The molecule has 1 saturated carbocycles. The van der Waals surface area contributed by atoms with Crippen LogP contribution in [0.25, 0.3) is 0 Å². The van der Waals surface area contributed by atoms with Crippen molar-refractivity contribution < 1.29 is 14.6 Å². The molecule has 0 aromatic heterocycles. The standard InChI is InChI=1S/C15H30N2O3/c1-11(10-18)17-13-8-6-5-7-12(13)9-16-14(19)20-15(2,3)4/h11-13,17-18H,5-10H2,1-4H3,(H,16,19)/t11-,12?,13?/m1/s1. The highest BCUT2D eigenvalue weighted by molar-refractivity contribution is 5.67. The van der Waals surface area contributed by atoms with E-state index in [1.807, 2.05) is 27.7 Å². The predicted octanol–water partition coefficient (Wildman–Crippen LogP) is 2.04. The van der Waals surface area contributed by atoms with Crippen LogP contribution in [-0.4, -0.2) is 42.0 Å². The molecule has 1 amide bonds. The van der Waals surface area contributed by atoms with E-state index >= 15 is 0 Å². The van der Waals surface area contributed by atoms with Crippen LogP contribution >= 0.6 is 0 Å². The normalized spacial score (nSPS) is 25.1. The number of nitrogens with one attached hydrogen (secondary N) is 2. The second-order valence-corrected chi connectivity index (χ2v) is 6.78. The van der Waals surface area contributed by atoms with Crippen LogP contribution in [0.4, 0.5) is 4.79 Å². The molecule has 0 bridgehead atoms. The van der Waals surface area contributed by atoms with Gasteiger partial charge in [0.1, 0.15) is 5.60 Å². The molecule has 5 nitrogen and oxygen atoms in total. The first kappa shape index (κ1) is 17.2. The van der Waals surface area contributed by atoms with Crippen molar-refractivity contribution in [2.45, 2.75) is 71.1 Å². The number of carbonyl (C=O) groups excluding carboxylic acids is 1. The summed E-state index contributed by atoms with van der Waals surface area (Å²) >= 11 is 0. The zero-order valence-electron chi connectivity index (χ0n) is 13.2. The maximum Gasteiger partial charge on any atom is 0.407 e. The summed E-state index contributed by atoms with van der Waals surface area (Å²) in [5.41, 5.74) is -0.459. The van der Waals surface area contributed by atoms with Crippen LogP contribution in [0.15, 0.2) is 0 Å². The molecule has 0 radical (unpaired) electrons. The van der Waals surface area contributed by atoms with Gasteiger partial charge < -0.3 is 20.5 Å². The van der Waals surface area contributed by atoms with Gasteiger partial charge in [0.15, 0.2) is 0 Å². The lowest BCUT2D eigenvalue weighted by molar-refractivity contribution is 0.0509. The first-order valence-electron chi connectivity index (χ1n) is 7.65. The molecule has 118 valence electrons. The highest BCUT2D eigenvalue weighted by atomic mass is 16.6. The minimum Gasteiger partial charge on any atom is -0.444 e. The molecule has 5 heteroatoms. The number of hydrogen-bond donors (Lipinski definition) is 3. The summed E-state index contributed by atoms with van der Waals surface area (Å²) in [6.45, 7) is 8.34. The van der Waals surface area contributed by atoms with E-state index in [9.17, 15) is 4.79 Å². The van der Waals surface area contributed by atoms with Crippen molar-refractivity contribution in [2.75, 3.05) is 13.2 Å². The Hall–Kier alpha value is -0.810. The van der Waals surface area contributed by atoms with Crippen molar-refractivity contribution in [1.29, 1.82) is 0 Å². The van der Waals surface area contributed by atoms with Crippen LogP contribution in [-0.2, 0) is 4.74 Å². The van der Waals surface area contributed by atoms with Crippen molar-refractivity contribution in [3.8, 4) is 0 Å². The van der Waals surface area contributed by atoms with Gasteiger partial charge in [-0.3, -0.25) is 0 Å². The number of aliphatic hydroxyl groups is 1. The van der Waals surface area contributed by atoms with Crippen molar-refractivity contribution in [2.24, 2.45) is 5.92 Å². The van der Waals surface area contributed by atoms with Crippen molar-refractivity contribution in [3.05, 3.63) is 0 Å². The lowest BCUT2D eigenvalue weighted by Gasteiger charge is -2.34. The molecule has 0 saturated heterocycles. The molecular weight excluding hydrogens is 256 g/mol. The minimum absolute atomic E-state index is 0.0992.